The van der Waals surface area contributed by atoms with Crippen molar-refractivity contribution in [2.75, 3.05) is 13.1 Å². The predicted molar refractivity (Wildman–Crippen MR) is 93.1 cm³/mol. The first-order valence-electron chi connectivity index (χ1n) is 9.13. The average Bonchev–Trinajstić information content (AvgIpc) is 3.11. The molecule has 0 amide bonds. The summed E-state index contributed by atoms with van der Waals surface area (Å²) in [5.41, 5.74) is 0.765. The summed E-state index contributed by atoms with van der Waals surface area (Å²) in [4.78, 5) is 0. The molecule has 1 saturated carbocycles. The van der Waals surface area contributed by atoms with Crippen LogP contribution in [0.15, 0.2) is 24.3 Å². The van der Waals surface area contributed by atoms with Gasteiger partial charge in [0.25, 0.3) is 10.2 Å². The van der Waals surface area contributed by atoms with E-state index in [1.54, 1.807) is 4.31 Å². The van der Waals surface area contributed by atoms with Crippen LogP contribution in [0.4, 0.5) is 0 Å². The van der Waals surface area contributed by atoms with Gasteiger partial charge in [0.2, 0.25) is 0 Å². The second kappa shape index (κ2) is 6.32. The molecule has 132 valence electrons. The lowest BCUT2D eigenvalue weighted by Crippen LogP contribution is -2.48. The summed E-state index contributed by atoms with van der Waals surface area (Å²) in [6, 6.07) is 7.69. The lowest BCUT2D eigenvalue weighted by Gasteiger charge is -2.44. The van der Waals surface area contributed by atoms with Gasteiger partial charge in [-0.05, 0) is 44.6 Å². The van der Waals surface area contributed by atoms with Crippen LogP contribution in [0.3, 0.4) is 0 Å². The fourth-order valence-corrected chi connectivity index (χ4v) is 5.87. The van der Waals surface area contributed by atoms with E-state index in [1.807, 2.05) is 24.3 Å². The molecule has 1 aromatic rings. The van der Waals surface area contributed by atoms with Gasteiger partial charge in [0.05, 0.1) is 6.04 Å². The van der Waals surface area contributed by atoms with E-state index in [4.69, 9.17) is 4.74 Å². The normalized spacial score (nSPS) is 26.9. The standard InChI is InChI=1S/C18H26N2O3S/c21-24(22,20-12-6-7-13-20)19-16-14-18(10-4-1-5-11-18)23-17-9-3-2-8-15(16)17/h2-3,8-9,16,19H,1,4-7,10-14H2. The van der Waals surface area contributed by atoms with E-state index in [1.165, 1.54) is 6.42 Å². The molecule has 6 heteroatoms. The highest BCUT2D eigenvalue weighted by molar-refractivity contribution is 7.87. The van der Waals surface area contributed by atoms with Crippen molar-refractivity contribution < 1.29 is 13.2 Å². The second-order valence-electron chi connectivity index (χ2n) is 7.37. The minimum atomic E-state index is -3.43. The van der Waals surface area contributed by atoms with E-state index in [-0.39, 0.29) is 11.6 Å². The summed E-state index contributed by atoms with van der Waals surface area (Å²) in [6.45, 7) is 1.26. The van der Waals surface area contributed by atoms with Crippen molar-refractivity contribution in [1.82, 2.24) is 9.03 Å². The third-order valence-corrected chi connectivity index (χ3v) is 7.29. The van der Waals surface area contributed by atoms with Gasteiger partial charge < -0.3 is 4.74 Å². The lowest BCUT2D eigenvalue weighted by atomic mass is 9.77. The molecule has 2 fully saturated rings. The Bertz CT molecular complexity index is 692. The molecule has 1 spiro atoms. The first kappa shape index (κ1) is 16.4. The van der Waals surface area contributed by atoms with Crippen molar-refractivity contribution >= 4 is 10.2 Å². The third-order valence-electron chi connectivity index (χ3n) is 5.66. The molecule has 24 heavy (non-hydrogen) atoms. The Balaban J connectivity index is 1.63. The van der Waals surface area contributed by atoms with Crippen LogP contribution in [-0.2, 0) is 10.2 Å². The van der Waals surface area contributed by atoms with Crippen molar-refractivity contribution in [1.29, 1.82) is 0 Å². The molecule has 0 radical (unpaired) electrons. The minimum Gasteiger partial charge on any atom is -0.487 e. The van der Waals surface area contributed by atoms with Gasteiger partial charge in [-0.25, -0.2) is 0 Å². The van der Waals surface area contributed by atoms with Gasteiger partial charge in [0, 0.05) is 25.1 Å². The summed E-state index contributed by atoms with van der Waals surface area (Å²) in [5.74, 6) is 0.847. The van der Waals surface area contributed by atoms with E-state index >= 15 is 0 Å². The van der Waals surface area contributed by atoms with Crippen molar-refractivity contribution in [3.63, 3.8) is 0 Å². The fourth-order valence-electron chi connectivity index (χ4n) is 4.41. The number of para-hydroxylation sites is 1. The molecule has 0 bridgehead atoms. The highest BCUT2D eigenvalue weighted by atomic mass is 32.2. The maximum absolute atomic E-state index is 12.8. The highest BCUT2D eigenvalue weighted by Crippen LogP contribution is 2.46. The van der Waals surface area contributed by atoms with Gasteiger partial charge in [0.1, 0.15) is 11.4 Å². The van der Waals surface area contributed by atoms with Crippen LogP contribution >= 0.6 is 0 Å². The van der Waals surface area contributed by atoms with Gasteiger partial charge in [-0.2, -0.15) is 17.4 Å². The topological polar surface area (TPSA) is 58.6 Å². The first-order chi connectivity index (χ1) is 11.6. The zero-order valence-electron chi connectivity index (χ0n) is 14.0. The number of hydrogen-bond acceptors (Lipinski definition) is 3. The molecule has 1 saturated heterocycles. The number of ether oxygens (including phenoxy) is 1. The number of fused-ring (bicyclic) bond motifs is 1. The van der Waals surface area contributed by atoms with Crippen LogP contribution in [0.5, 0.6) is 5.75 Å². The molecule has 1 unspecified atom stereocenters. The quantitative estimate of drug-likeness (QED) is 0.911. The largest absolute Gasteiger partial charge is 0.487 e. The van der Waals surface area contributed by atoms with E-state index in [0.29, 0.717) is 13.1 Å². The molecule has 1 aromatic carbocycles. The fraction of sp³-hybridized carbons (Fsp3) is 0.667. The Morgan fingerprint density at radius 2 is 1.75 bits per heavy atom. The van der Waals surface area contributed by atoms with Crippen molar-refractivity contribution in [3.8, 4) is 5.75 Å². The zero-order valence-corrected chi connectivity index (χ0v) is 14.9. The molecule has 0 aromatic heterocycles. The van der Waals surface area contributed by atoms with Crippen LogP contribution in [0.25, 0.3) is 0 Å². The van der Waals surface area contributed by atoms with Crippen molar-refractivity contribution in [2.24, 2.45) is 0 Å². The van der Waals surface area contributed by atoms with E-state index in [9.17, 15) is 8.42 Å². The molecule has 1 aliphatic carbocycles. The Labute approximate surface area is 144 Å². The summed E-state index contributed by atoms with van der Waals surface area (Å²) in [5, 5.41) is 0. The van der Waals surface area contributed by atoms with Crippen LogP contribution in [0.1, 0.15) is 63.0 Å². The molecular weight excluding hydrogens is 324 g/mol. The van der Waals surface area contributed by atoms with Gasteiger partial charge in [-0.15, -0.1) is 0 Å². The maximum Gasteiger partial charge on any atom is 0.280 e. The number of rotatable bonds is 3. The van der Waals surface area contributed by atoms with Crippen molar-refractivity contribution in [2.45, 2.75) is 63.0 Å². The van der Waals surface area contributed by atoms with Gasteiger partial charge in [0.15, 0.2) is 0 Å². The van der Waals surface area contributed by atoms with Crippen molar-refractivity contribution in [3.05, 3.63) is 29.8 Å². The Kier molecular flexibility index (Phi) is 4.31. The summed E-state index contributed by atoms with van der Waals surface area (Å²) in [6.07, 6.45) is 8.24. The van der Waals surface area contributed by atoms with Crippen LogP contribution in [0, 0.1) is 0 Å². The van der Waals surface area contributed by atoms with E-state index < -0.39 is 10.2 Å². The molecule has 5 nitrogen and oxygen atoms in total. The molecular formula is C18H26N2O3S. The molecule has 2 aliphatic heterocycles. The predicted octanol–water partition coefficient (Wildman–Crippen LogP) is 3.14. The third kappa shape index (κ3) is 3.07. The number of benzene rings is 1. The highest BCUT2D eigenvalue weighted by Gasteiger charge is 2.43. The average molecular weight is 350 g/mol. The first-order valence-corrected chi connectivity index (χ1v) is 10.6. The van der Waals surface area contributed by atoms with Crippen LogP contribution in [0.2, 0.25) is 0 Å². The molecule has 1 N–H and O–H groups in total. The number of nitrogens with zero attached hydrogens (tertiary/aromatic N) is 1. The van der Waals surface area contributed by atoms with Crippen LogP contribution < -0.4 is 9.46 Å². The Hall–Kier alpha value is -1.11. The van der Waals surface area contributed by atoms with Crippen LogP contribution in [-0.4, -0.2) is 31.4 Å². The van der Waals surface area contributed by atoms with Gasteiger partial charge in [-0.1, -0.05) is 24.6 Å². The second-order valence-corrected chi connectivity index (χ2v) is 9.07. The maximum atomic E-state index is 12.8. The Morgan fingerprint density at radius 1 is 1.04 bits per heavy atom. The molecule has 1 atom stereocenters. The molecule has 3 aliphatic rings. The summed E-state index contributed by atoms with van der Waals surface area (Å²) >= 11 is 0. The smallest absolute Gasteiger partial charge is 0.280 e. The molecule has 2 heterocycles. The van der Waals surface area contributed by atoms with Gasteiger partial charge >= 0.3 is 0 Å². The Morgan fingerprint density at radius 3 is 2.50 bits per heavy atom. The summed E-state index contributed by atoms with van der Waals surface area (Å²) in [7, 11) is -3.43. The SMILES string of the molecule is O=S(=O)(NC1CC2(CCCCC2)Oc2ccccc21)N1CCCC1. The molecule has 4 rings (SSSR count). The van der Waals surface area contributed by atoms with Gasteiger partial charge in [-0.3, -0.25) is 0 Å². The monoisotopic (exact) mass is 350 g/mol. The van der Waals surface area contributed by atoms with E-state index in [0.717, 1.165) is 56.3 Å². The summed E-state index contributed by atoms with van der Waals surface area (Å²) < 4.78 is 36.5. The number of nitrogens with one attached hydrogen (secondary N) is 1. The zero-order chi connectivity index (χ0) is 16.6. The van der Waals surface area contributed by atoms with E-state index in [2.05, 4.69) is 4.72 Å². The minimum absolute atomic E-state index is 0.196. The number of hydrogen-bond donors (Lipinski definition) is 1. The lowest BCUT2D eigenvalue weighted by molar-refractivity contribution is -0.0000729.